The largest absolute Gasteiger partial charge is 0.491 e. The first-order chi connectivity index (χ1) is 8.65. The topological polar surface area (TPSA) is 38.7 Å². The molecule has 0 amide bonds. The number of rotatable bonds is 8. The number of hydrogen-bond donors (Lipinski definition) is 1. The molecule has 102 valence electrons. The molecule has 1 aromatic carbocycles. The molecule has 1 N–H and O–H groups in total. The zero-order valence-electron chi connectivity index (χ0n) is 11.0. The van der Waals surface area contributed by atoms with Gasteiger partial charge in [-0.3, -0.25) is 0 Å². The molecule has 4 heteroatoms. The van der Waals surface area contributed by atoms with E-state index in [1.807, 2.05) is 18.2 Å². The Bertz CT molecular complexity index is 353. The zero-order valence-corrected chi connectivity index (χ0v) is 12.6. The lowest BCUT2D eigenvalue weighted by molar-refractivity contribution is 0.0962. The highest BCUT2D eigenvalue weighted by Crippen LogP contribution is 2.28. The average Bonchev–Trinajstić information content (AvgIpc) is 2.35. The highest BCUT2D eigenvalue weighted by atomic mass is 79.9. The molecule has 3 nitrogen and oxygen atoms in total. The Kier molecular flexibility index (Phi) is 7.32. The third kappa shape index (κ3) is 5.38. The van der Waals surface area contributed by atoms with E-state index in [0.717, 1.165) is 29.5 Å². The standard InChI is InChI=1S/C14H21BrO3/c1-3-4-7-17-8-9-18-14-6-5-12(15)10-13(14)11(2)16/h5-6,10-11,16H,3-4,7-9H2,1-2H3/t11-/m0/s1. The van der Waals surface area contributed by atoms with Gasteiger partial charge in [-0.2, -0.15) is 0 Å². The van der Waals surface area contributed by atoms with E-state index in [1.165, 1.54) is 0 Å². The second-order valence-electron chi connectivity index (χ2n) is 4.17. The molecule has 18 heavy (non-hydrogen) atoms. The van der Waals surface area contributed by atoms with Crippen LogP contribution in [0.4, 0.5) is 0 Å². The molecule has 0 unspecified atom stereocenters. The van der Waals surface area contributed by atoms with Crippen LogP contribution in [-0.4, -0.2) is 24.9 Å². The van der Waals surface area contributed by atoms with Crippen LogP contribution in [0.2, 0.25) is 0 Å². The molecular formula is C14H21BrO3. The van der Waals surface area contributed by atoms with Crippen molar-refractivity contribution in [1.82, 2.24) is 0 Å². The maximum Gasteiger partial charge on any atom is 0.125 e. The summed E-state index contributed by atoms with van der Waals surface area (Å²) < 4.78 is 12.0. The summed E-state index contributed by atoms with van der Waals surface area (Å²) in [6, 6.07) is 5.63. The summed E-state index contributed by atoms with van der Waals surface area (Å²) in [7, 11) is 0. The van der Waals surface area contributed by atoms with Gasteiger partial charge in [0.1, 0.15) is 12.4 Å². The number of halogens is 1. The lowest BCUT2D eigenvalue weighted by Gasteiger charge is -2.14. The molecule has 1 aromatic rings. The number of aliphatic hydroxyl groups excluding tert-OH is 1. The highest BCUT2D eigenvalue weighted by Gasteiger charge is 2.09. The second kappa shape index (κ2) is 8.51. The first-order valence-electron chi connectivity index (χ1n) is 6.33. The first-order valence-corrected chi connectivity index (χ1v) is 7.12. The Morgan fingerprint density at radius 3 is 2.72 bits per heavy atom. The minimum Gasteiger partial charge on any atom is -0.491 e. The van der Waals surface area contributed by atoms with Crippen LogP contribution in [0.25, 0.3) is 0 Å². The molecule has 0 radical (unpaired) electrons. The minimum absolute atomic E-state index is 0.505. The maximum absolute atomic E-state index is 9.67. The fraction of sp³-hybridized carbons (Fsp3) is 0.571. The Labute approximate surface area is 117 Å². The lowest BCUT2D eigenvalue weighted by atomic mass is 10.1. The summed E-state index contributed by atoms with van der Waals surface area (Å²) in [5.74, 6) is 0.715. The van der Waals surface area contributed by atoms with Crippen molar-refractivity contribution in [3.05, 3.63) is 28.2 Å². The van der Waals surface area contributed by atoms with Crippen LogP contribution >= 0.6 is 15.9 Å². The SMILES string of the molecule is CCCCOCCOc1ccc(Br)cc1[C@H](C)O. The Morgan fingerprint density at radius 2 is 2.06 bits per heavy atom. The van der Waals surface area contributed by atoms with E-state index in [1.54, 1.807) is 6.92 Å². The van der Waals surface area contributed by atoms with Gasteiger partial charge in [0.15, 0.2) is 0 Å². The minimum atomic E-state index is -0.543. The van der Waals surface area contributed by atoms with E-state index < -0.39 is 6.10 Å². The van der Waals surface area contributed by atoms with Gasteiger partial charge >= 0.3 is 0 Å². The molecule has 0 aliphatic rings. The van der Waals surface area contributed by atoms with E-state index in [0.29, 0.717) is 19.0 Å². The van der Waals surface area contributed by atoms with Gasteiger partial charge in [-0.1, -0.05) is 29.3 Å². The quantitative estimate of drug-likeness (QED) is 0.743. The van der Waals surface area contributed by atoms with Crippen LogP contribution in [0.15, 0.2) is 22.7 Å². The van der Waals surface area contributed by atoms with E-state index in [4.69, 9.17) is 9.47 Å². The summed E-state index contributed by atoms with van der Waals surface area (Å²) in [6.45, 7) is 5.73. The van der Waals surface area contributed by atoms with E-state index in [2.05, 4.69) is 22.9 Å². The van der Waals surface area contributed by atoms with Gasteiger partial charge in [0.2, 0.25) is 0 Å². The molecule has 0 fully saturated rings. The smallest absolute Gasteiger partial charge is 0.125 e. The third-order valence-electron chi connectivity index (χ3n) is 2.55. The summed E-state index contributed by atoms with van der Waals surface area (Å²) in [6.07, 6.45) is 1.68. The van der Waals surface area contributed by atoms with Gasteiger partial charge < -0.3 is 14.6 Å². The van der Waals surface area contributed by atoms with E-state index in [-0.39, 0.29) is 0 Å². The van der Waals surface area contributed by atoms with Crippen LogP contribution in [0.1, 0.15) is 38.4 Å². The molecule has 0 bridgehead atoms. The van der Waals surface area contributed by atoms with E-state index in [9.17, 15) is 5.11 Å². The van der Waals surface area contributed by atoms with Crippen molar-refractivity contribution >= 4 is 15.9 Å². The predicted molar refractivity (Wildman–Crippen MR) is 76.0 cm³/mol. The van der Waals surface area contributed by atoms with Crippen LogP contribution in [0.3, 0.4) is 0 Å². The fourth-order valence-corrected chi connectivity index (χ4v) is 1.92. The summed E-state index contributed by atoms with van der Waals surface area (Å²) >= 11 is 3.38. The number of unbranched alkanes of at least 4 members (excludes halogenated alkanes) is 1. The van der Waals surface area contributed by atoms with Gasteiger partial charge in [0, 0.05) is 16.6 Å². The van der Waals surface area contributed by atoms with Crippen molar-refractivity contribution in [2.24, 2.45) is 0 Å². The molecular weight excluding hydrogens is 296 g/mol. The summed E-state index contributed by atoms with van der Waals surface area (Å²) in [4.78, 5) is 0. The number of aliphatic hydroxyl groups is 1. The van der Waals surface area contributed by atoms with Gasteiger partial charge in [-0.15, -0.1) is 0 Å². The van der Waals surface area contributed by atoms with Crippen molar-refractivity contribution in [3.8, 4) is 5.75 Å². The first kappa shape index (κ1) is 15.5. The molecule has 1 atom stereocenters. The van der Waals surface area contributed by atoms with Crippen molar-refractivity contribution in [2.75, 3.05) is 19.8 Å². The lowest BCUT2D eigenvalue weighted by Crippen LogP contribution is -2.09. The van der Waals surface area contributed by atoms with Gasteiger partial charge in [-0.25, -0.2) is 0 Å². The fourth-order valence-electron chi connectivity index (χ4n) is 1.54. The molecule has 0 saturated heterocycles. The monoisotopic (exact) mass is 316 g/mol. The average molecular weight is 317 g/mol. The highest BCUT2D eigenvalue weighted by molar-refractivity contribution is 9.10. The van der Waals surface area contributed by atoms with Crippen molar-refractivity contribution in [3.63, 3.8) is 0 Å². The Morgan fingerprint density at radius 1 is 1.28 bits per heavy atom. The maximum atomic E-state index is 9.67. The normalized spacial score (nSPS) is 12.4. The van der Waals surface area contributed by atoms with Crippen LogP contribution in [0.5, 0.6) is 5.75 Å². The van der Waals surface area contributed by atoms with Gasteiger partial charge in [-0.05, 0) is 31.5 Å². The molecule has 0 aromatic heterocycles. The van der Waals surface area contributed by atoms with Gasteiger partial charge in [0.25, 0.3) is 0 Å². The Hall–Kier alpha value is -0.580. The summed E-state index contributed by atoms with van der Waals surface area (Å²) in [5.41, 5.74) is 0.790. The zero-order chi connectivity index (χ0) is 13.4. The Balaban J connectivity index is 2.42. The molecule has 0 saturated carbocycles. The molecule has 0 spiro atoms. The second-order valence-corrected chi connectivity index (χ2v) is 5.09. The van der Waals surface area contributed by atoms with Gasteiger partial charge in [0.05, 0.1) is 12.7 Å². The molecule has 1 rings (SSSR count). The summed E-state index contributed by atoms with van der Waals surface area (Å²) in [5, 5.41) is 9.67. The molecule has 0 heterocycles. The molecule has 0 aliphatic carbocycles. The van der Waals surface area contributed by atoms with Crippen LogP contribution in [-0.2, 0) is 4.74 Å². The predicted octanol–water partition coefficient (Wildman–Crippen LogP) is 3.70. The van der Waals surface area contributed by atoms with Crippen molar-refractivity contribution in [2.45, 2.75) is 32.8 Å². The number of hydrogen-bond acceptors (Lipinski definition) is 3. The van der Waals surface area contributed by atoms with Crippen LogP contribution in [0, 0.1) is 0 Å². The third-order valence-corrected chi connectivity index (χ3v) is 3.04. The van der Waals surface area contributed by atoms with Crippen molar-refractivity contribution < 1.29 is 14.6 Å². The number of benzene rings is 1. The van der Waals surface area contributed by atoms with Crippen molar-refractivity contribution in [1.29, 1.82) is 0 Å². The van der Waals surface area contributed by atoms with E-state index >= 15 is 0 Å². The van der Waals surface area contributed by atoms with Crippen LogP contribution < -0.4 is 4.74 Å². The number of ether oxygens (including phenoxy) is 2. The molecule has 0 aliphatic heterocycles.